The zero-order valence-corrected chi connectivity index (χ0v) is 35.2. The molecule has 0 fully saturated rings. The molecule has 6 heterocycles. The van der Waals surface area contributed by atoms with Crippen molar-refractivity contribution in [1.82, 2.24) is 0 Å². The number of rotatable bonds is 2. The lowest BCUT2D eigenvalue weighted by atomic mass is 9.96. The molecule has 0 atom stereocenters. The van der Waals surface area contributed by atoms with Crippen molar-refractivity contribution >= 4 is 32.4 Å². The van der Waals surface area contributed by atoms with E-state index in [1.807, 2.05) is 0 Å². The van der Waals surface area contributed by atoms with Crippen LogP contribution in [-0.2, 0) is 26.1 Å². The van der Waals surface area contributed by atoms with Crippen molar-refractivity contribution in [2.75, 3.05) is 0 Å². The van der Waals surface area contributed by atoms with Gasteiger partial charge in [-0.05, 0) is 122 Å². The number of hydrogen-bond acceptors (Lipinski definition) is 0. The van der Waals surface area contributed by atoms with Crippen molar-refractivity contribution in [2.45, 2.75) is 74.0 Å². The lowest BCUT2D eigenvalue weighted by Crippen LogP contribution is -2.33. The first kappa shape index (κ1) is 36.9. The second-order valence-electron chi connectivity index (χ2n) is 17.1. The van der Waals surface area contributed by atoms with Gasteiger partial charge in [0.1, 0.15) is 0 Å². The number of para-hydroxylation sites is 1. The summed E-state index contributed by atoms with van der Waals surface area (Å²) in [7, 11) is 0. The van der Waals surface area contributed by atoms with Gasteiger partial charge >= 0.3 is 0 Å². The van der Waals surface area contributed by atoms with E-state index in [4.69, 9.17) is 0 Å². The van der Waals surface area contributed by atoms with Crippen LogP contribution >= 0.6 is 0 Å². The Morgan fingerprint density at radius 2 is 1.08 bits per heavy atom. The third kappa shape index (κ3) is 6.50. The van der Waals surface area contributed by atoms with Crippen LogP contribution in [0.2, 0.25) is 0 Å². The van der Waals surface area contributed by atoms with E-state index in [0.29, 0.717) is 0 Å². The molecule has 3 heteroatoms. The summed E-state index contributed by atoms with van der Waals surface area (Å²) in [5, 5.41) is 6.69. The van der Waals surface area contributed by atoms with Gasteiger partial charge in [0.05, 0.1) is 27.5 Å². The Balaban J connectivity index is 0.000000107. The van der Waals surface area contributed by atoms with Crippen LogP contribution in [0.25, 0.3) is 66.2 Å². The average Bonchev–Trinajstić information content (AvgIpc) is 3.94. The molecule has 9 aromatic rings. The van der Waals surface area contributed by atoms with Crippen molar-refractivity contribution in [3.63, 3.8) is 0 Å². The minimum absolute atomic E-state index is 0.998. The van der Waals surface area contributed by atoms with Crippen LogP contribution < -0.4 is 13.7 Å². The summed E-state index contributed by atoms with van der Waals surface area (Å²) >= 11 is 0. The van der Waals surface area contributed by atoms with E-state index in [2.05, 4.69) is 201 Å². The van der Waals surface area contributed by atoms with Gasteiger partial charge in [0.25, 0.3) is 0 Å². The minimum atomic E-state index is 0.998. The molecule has 0 saturated carbocycles. The molecule has 0 unspecified atom stereocenters. The first-order chi connectivity index (χ1) is 28.7. The molecule has 0 amide bonds. The summed E-state index contributed by atoms with van der Waals surface area (Å²) < 4.78 is 7.20. The Morgan fingerprint density at radius 1 is 0.475 bits per heavy atom. The first-order valence-corrected chi connectivity index (χ1v) is 21.3. The second-order valence-corrected chi connectivity index (χ2v) is 17.1. The molecule has 3 aliphatic rings. The monoisotopic (exact) mass is 766 g/mol. The maximum atomic E-state index is 2.44. The van der Waals surface area contributed by atoms with Gasteiger partial charge in [-0.15, -0.1) is 0 Å². The van der Waals surface area contributed by atoms with E-state index in [1.165, 1.54) is 129 Å². The molecule has 59 heavy (non-hydrogen) atoms. The second kappa shape index (κ2) is 14.7. The van der Waals surface area contributed by atoms with Crippen LogP contribution in [0.3, 0.4) is 0 Å². The number of nitrogens with zero attached hydrogens (tertiary/aromatic N) is 3. The van der Waals surface area contributed by atoms with Gasteiger partial charge in [0, 0.05) is 46.3 Å². The van der Waals surface area contributed by atoms with E-state index in [0.717, 1.165) is 19.6 Å². The smallest absolute Gasteiger partial charge is 0.193 e. The molecular formula is C56H52N3+3. The molecule has 0 N–H and O–H groups in total. The first-order valence-electron chi connectivity index (χ1n) is 21.3. The van der Waals surface area contributed by atoms with Gasteiger partial charge in [-0.1, -0.05) is 85.6 Å². The Bertz CT molecular complexity index is 3150. The molecular weight excluding hydrogens is 715 g/mol. The molecule has 3 nitrogen and oxygen atoms in total. The minimum Gasteiger partial charge on any atom is -0.193 e. The fourth-order valence-corrected chi connectivity index (χ4v) is 10.0. The van der Waals surface area contributed by atoms with Crippen molar-refractivity contribution in [1.29, 1.82) is 0 Å². The Labute approximate surface area is 348 Å². The van der Waals surface area contributed by atoms with Crippen molar-refractivity contribution in [3.8, 4) is 33.8 Å². The molecule has 6 aromatic carbocycles. The predicted molar refractivity (Wildman–Crippen MR) is 244 cm³/mol. The van der Waals surface area contributed by atoms with E-state index >= 15 is 0 Å². The standard InChI is InChI=1S/2C19H18N.C18H16N/c1-12-4-5-15-6-7-20-11-18-14(3)8-13(2)10-17(18)19(20)16(15)9-12;1-2-5-14-8-9-16-13-20-18-7-4-3-6-15(18)10-11-19(20)17(16)12-14;1-12-9-13(2)17-11-19-8-7-14-5-3-4-6-15(14)18(19)16(17)10-12/h4-10H,11H2,1-3H3;3-4,6-12H,2,5,13H2,1H3;3-10H,11H2,1-2H3/q3*+1. The van der Waals surface area contributed by atoms with Gasteiger partial charge in [-0.3, -0.25) is 0 Å². The van der Waals surface area contributed by atoms with Crippen molar-refractivity contribution < 1.29 is 13.7 Å². The van der Waals surface area contributed by atoms with Crippen LogP contribution in [0.15, 0.2) is 146 Å². The van der Waals surface area contributed by atoms with Gasteiger partial charge in [-0.25, -0.2) is 0 Å². The van der Waals surface area contributed by atoms with Crippen molar-refractivity contribution in [2.24, 2.45) is 0 Å². The maximum Gasteiger partial charge on any atom is 0.221 e. The maximum absolute atomic E-state index is 2.44. The van der Waals surface area contributed by atoms with E-state index in [1.54, 1.807) is 0 Å². The average molecular weight is 767 g/mol. The van der Waals surface area contributed by atoms with Crippen molar-refractivity contribution in [3.05, 3.63) is 196 Å². The summed E-state index contributed by atoms with van der Waals surface area (Å²) in [6.07, 6.45) is 6.81. The molecule has 0 radical (unpaired) electrons. The number of aromatic nitrogens is 3. The number of fused-ring (bicyclic) bond motifs is 15. The fourth-order valence-electron chi connectivity index (χ4n) is 10.0. The molecule has 0 saturated heterocycles. The summed E-state index contributed by atoms with van der Waals surface area (Å²) in [6, 6.07) is 49.2. The third-order valence-electron chi connectivity index (χ3n) is 12.8. The highest BCUT2D eigenvalue weighted by Gasteiger charge is 2.31. The summed E-state index contributed by atoms with van der Waals surface area (Å²) in [5.41, 5.74) is 22.4. The molecule has 3 aromatic heterocycles. The Morgan fingerprint density at radius 3 is 1.78 bits per heavy atom. The zero-order valence-electron chi connectivity index (χ0n) is 35.2. The largest absolute Gasteiger partial charge is 0.221 e. The van der Waals surface area contributed by atoms with Crippen LogP contribution in [-0.4, -0.2) is 0 Å². The third-order valence-corrected chi connectivity index (χ3v) is 12.8. The van der Waals surface area contributed by atoms with E-state index in [9.17, 15) is 0 Å². The highest BCUT2D eigenvalue weighted by atomic mass is 15.0. The Hall–Kier alpha value is -6.45. The molecule has 0 spiro atoms. The number of pyridine rings is 3. The number of aryl methyl sites for hydroxylation is 6. The molecule has 12 rings (SSSR count). The van der Waals surface area contributed by atoms with Crippen LogP contribution in [0.5, 0.6) is 0 Å². The van der Waals surface area contributed by atoms with Gasteiger partial charge < -0.3 is 0 Å². The SMILES string of the molecule is CCCc1ccc2c(c1)-c1ccc3ccccc3[n+]1C2.Cc1cc(C)c2c(c1)-c1c3cc(C)ccc3cc[n+]1C2.Cc1cc(C)c2c(c1)-c1c3ccccc3cc[n+]1C2. The van der Waals surface area contributed by atoms with Crippen LogP contribution in [0.4, 0.5) is 0 Å². The highest BCUT2D eigenvalue weighted by Crippen LogP contribution is 2.37. The molecule has 3 aliphatic heterocycles. The summed E-state index contributed by atoms with van der Waals surface area (Å²) in [4.78, 5) is 0. The quantitative estimate of drug-likeness (QED) is 0.155. The lowest BCUT2D eigenvalue weighted by Gasteiger charge is -2.04. The van der Waals surface area contributed by atoms with Crippen LogP contribution in [0.1, 0.15) is 63.4 Å². The number of hydrogen-bond donors (Lipinski definition) is 0. The molecule has 288 valence electrons. The van der Waals surface area contributed by atoms with Gasteiger partial charge in [0.2, 0.25) is 22.6 Å². The molecule has 0 aliphatic carbocycles. The Kier molecular flexibility index (Phi) is 9.21. The fraction of sp³-hybridized carbons (Fsp3) is 0.196. The van der Waals surface area contributed by atoms with Crippen LogP contribution in [0, 0.1) is 34.6 Å². The zero-order chi connectivity index (χ0) is 40.4. The lowest BCUT2D eigenvalue weighted by molar-refractivity contribution is -0.671. The van der Waals surface area contributed by atoms with E-state index < -0.39 is 0 Å². The normalized spacial score (nSPS) is 12.5. The van der Waals surface area contributed by atoms with Gasteiger partial charge in [-0.2, -0.15) is 13.7 Å². The summed E-state index contributed by atoms with van der Waals surface area (Å²) in [5.74, 6) is 0. The predicted octanol–water partition coefficient (Wildman–Crippen LogP) is 12.0. The summed E-state index contributed by atoms with van der Waals surface area (Å²) in [6.45, 7) is 16.2. The topological polar surface area (TPSA) is 11.6 Å². The van der Waals surface area contributed by atoms with E-state index in [-0.39, 0.29) is 0 Å². The number of benzene rings is 6. The van der Waals surface area contributed by atoms with Gasteiger partial charge in [0.15, 0.2) is 32.0 Å². The highest BCUT2D eigenvalue weighted by molar-refractivity contribution is 5.96. The molecule has 0 bridgehead atoms.